The molecule has 2 rings (SSSR count). The lowest BCUT2D eigenvalue weighted by molar-refractivity contribution is 0.0940. The van der Waals surface area contributed by atoms with Crippen LogP contribution in [0.2, 0.25) is 0 Å². The van der Waals surface area contributed by atoms with E-state index >= 15 is 0 Å². The summed E-state index contributed by atoms with van der Waals surface area (Å²) < 4.78 is 0. The third-order valence-electron chi connectivity index (χ3n) is 4.17. The van der Waals surface area contributed by atoms with Crippen LogP contribution in [0.3, 0.4) is 0 Å². The molecule has 0 radical (unpaired) electrons. The van der Waals surface area contributed by atoms with Crippen LogP contribution in [0.25, 0.3) is 0 Å². The van der Waals surface area contributed by atoms with E-state index in [-0.39, 0.29) is 5.91 Å². The molecule has 0 atom stereocenters. The molecule has 1 aromatic carbocycles. The molecule has 1 aliphatic carbocycles. The van der Waals surface area contributed by atoms with Crippen molar-refractivity contribution in [2.75, 3.05) is 6.54 Å². The Balaban J connectivity index is 1.91. The van der Waals surface area contributed by atoms with E-state index in [9.17, 15) is 4.79 Å². The highest BCUT2D eigenvalue weighted by molar-refractivity contribution is 5.94. The second kappa shape index (κ2) is 5.11. The number of carbonyl (C=O) groups excluding carboxylic acids is 1. The molecule has 1 fully saturated rings. The van der Waals surface area contributed by atoms with E-state index in [1.165, 1.54) is 12.8 Å². The summed E-state index contributed by atoms with van der Waals surface area (Å²) in [7, 11) is 0. The molecule has 1 aromatic rings. The highest BCUT2D eigenvalue weighted by atomic mass is 16.1. The number of nitrogens with one attached hydrogen (secondary N) is 1. The van der Waals surface area contributed by atoms with Crippen molar-refractivity contribution in [1.82, 2.24) is 5.32 Å². The first-order chi connectivity index (χ1) is 8.57. The second-order valence-corrected chi connectivity index (χ2v) is 5.60. The fourth-order valence-corrected chi connectivity index (χ4v) is 2.27. The lowest BCUT2D eigenvalue weighted by Gasteiger charge is -2.20. The highest BCUT2D eigenvalue weighted by Crippen LogP contribution is 2.51. The Morgan fingerprint density at radius 1 is 1.33 bits per heavy atom. The maximum absolute atomic E-state index is 12.0. The summed E-state index contributed by atoms with van der Waals surface area (Å²) in [5, 5.41) is 3.05. The van der Waals surface area contributed by atoms with Gasteiger partial charge < -0.3 is 11.1 Å². The number of hydrogen-bond donors (Lipinski definition) is 2. The Morgan fingerprint density at radius 3 is 2.39 bits per heavy atom. The molecule has 98 valence electrons. The number of amides is 1. The largest absolute Gasteiger partial charge is 0.351 e. The second-order valence-electron chi connectivity index (χ2n) is 5.60. The minimum absolute atomic E-state index is 0.0190. The van der Waals surface area contributed by atoms with Crippen LogP contribution in [0.1, 0.15) is 42.6 Å². The zero-order chi connectivity index (χ0) is 13.2. The Hall–Kier alpha value is -1.35. The standard InChI is InChI=1S/C15H22N2O/c1-11(2)15(7-8-15)10-17-14(18)13-5-3-12(9-16)4-6-13/h3-6,11H,7-10,16H2,1-2H3,(H,17,18). The van der Waals surface area contributed by atoms with Crippen molar-refractivity contribution >= 4 is 5.91 Å². The molecule has 0 unspecified atom stereocenters. The summed E-state index contributed by atoms with van der Waals surface area (Å²) in [5.41, 5.74) is 7.65. The van der Waals surface area contributed by atoms with E-state index in [0.717, 1.165) is 12.1 Å². The van der Waals surface area contributed by atoms with Gasteiger partial charge >= 0.3 is 0 Å². The lowest BCUT2D eigenvalue weighted by atomic mass is 9.92. The first kappa shape index (κ1) is 13.1. The van der Waals surface area contributed by atoms with E-state index in [2.05, 4.69) is 19.2 Å². The molecule has 0 saturated heterocycles. The van der Waals surface area contributed by atoms with Gasteiger partial charge in [-0.25, -0.2) is 0 Å². The van der Waals surface area contributed by atoms with E-state index in [1.807, 2.05) is 24.3 Å². The molecular weight excluding hydrogens is 224 g/mol. The third-order valence-corrected chi connectivity index (χ3v) is 4.17. The molecule has 18 heavy (non-hydrogen) atoms. The fourth-order valence-electron chi connectivity index (χ4n) is 2.27. The normalized spacial score (nSPS) is 16.7. The van der Waals surface area contributed by atoms with Crippen LogP contribution in [-0.2, 0) is 6.54 Å². The van der Waals surface area contributed by atoms with Crippen LogP contribution in [0.4, 0.5) is 0 Å². The maximum Gasteiger partial charge on any atom is 0.251 e. The van der Waals surface area contributed by atoms with Gasteiger partial charge in [0.05, 0.1) is 0 Å². The van der Waals surface area contributed by atoms with Crippen molar-refractivity contribution in [3.05, 3.63) is 35.4 Å². The molecule has 0 aromatic heterocycles. The van der Waals surface area contributed by atoms with Gasteiger partial charge in [-0.15, -0.1) is 0 Å². The minimum Gasteiger partial charge on any atom is -0.351 e. The molecule has 3 heteroatoms. The number of nitrogens with two attached hydrogens (primary N) is 1. The average Bonchev–Trinajstić information content (AvgIpc) is 3.17. The monoisotopic (exact) mass is 246 g/mol. The first-order valence-corrected chi connectivity index (χ1v) is 6.64. The van der Waals surface area contributed by atoms with Crippen LogP contribution in [0.15, 0.2) is 24.3 Å². The van der Waals surface area contributed by atoms with Gasteiger partial charge in [0.1, 0.15) is 0 Å². The van der Waals surface area contributed by atoms with Crippen molar-refractivity contribution < 1.29 is 4.79 Å². The molecule has 3 N–H and O–H groups in total. The van der Waals surface area contributed by atoms with Crippen LogP contribution in [-0.4, -0.2) is 12.5 Å². The Kier molecular flexibility index (Phi) is 3.71. The van der Waals surface area contributed by atoms with Crippen LogP contribution in [0, 0.1) is 11.3 Å². The van der Waals surface area contributed by atoms with Gasteiger partial charge in [0, 0.05) is 18.7 Å². The zero-order valence-electron chi connectivity index (χ0n) is 11.2. The van der Waals surface area contributed by atoms with Crippen molar-refractivity contribution in [3.63, 3.8) is 0 Å². The zero-order valence-corrected chi connectivity index (χ0v) is 11.2. The van der Waals surface area contributed by atoms with E-state index < -0.39 is 0 Å². The van der Waals surface area contributed by atoms with Crippen LogP contribution in [0.5, 0.6) is 0 Å². The first-order valence-electron chi connectivity index (χ1n) is 6.64. The Bertz CT molecular complexity index is 419. The molecule has 0 spiro atoms. The molecule has 1 amide bonds. The molecule has 0 aliphatic heterocycles. The smallest absolute Gasteiger partial charge is 0.251 e. The van der Waals surface area contributed by atoms with Crippen molar-refractivity contribution in [2.24, 2.45) is 17.1 Å². The molecule has 0 heterocycles. The lowest BCUT2D eigenvalue weighted by Crippen LogP contribution is -2.32. The number of carbonyl (C=O) groups is 1. The van der Waals surface area contributed by atoms with Gasteiger partial charge in [-0.3, -0.25) is 4.79 Å². The van der Waals surface area contributed by atoms with E-state index in [4.69, 9.17) is 5.73 Å². The number of benzene rings is 1. The topological polar surface area (TPSA) is 55.1 Å². The van der Waals surface area contributed by atoms with Crippen LogP contribution < -0.4 is 11.1 Å². The van der Waals surface area contributed by atoms with Gasteiger partial charge in [-0.05, 0) is 41.9 Å². The summed E-state index contributed by atoms with van der Waals surface area (Å²) in [6.07, 6.45) is 2.47. The Morgan fingerprint density at radius 2 is 1.94 bits per heavy atom. The van der Waals surface area contributed by atoms with E-state index in [0.29, 0.717) is 23.4 Å². The predicted molar refractivity (Wildman–Crippen MR) is 73.2 cm³/mol. The highest BCUT2D eigenvalue weighted by Gasteiger charge is 2.45. The van der Waals surface area contributed by atoms with Gasteiger partial charge in [0.25, 0.3) is 5.91 Å². The maximum atomic E-state index is 12.0. The summed E-state index contributed by atoms with van der Waals surface area (Å²) >= 11 is 0. The minimum atomic E-state index is 0.0190. The predicted octanol–water partition coefficient (Wildman–Crippen LogP) is 2.31. The fraction of sp³-hybridized carbons (Fsp3) is 0.533. The number of hydrogen-bond acceptors (Lipinski definition) is 2. The third kappa shape index (κ3) is 2.72. The summed E-state index contributed by atoms with van der Waals surface area (Å²) in [6, 6.07) is 7.49. The van der Waals surface area contributed by atoms with Crippen molar-refractivity contribution in [2.45, 2.75) is 33.2 Å². The van der Waals surface area contributed by atoms with E-state index in [1.54, 1.807) is 0 Å². The molecule has 1 aliphatic rings. The molecular formula is C15H22N2O. The number of rotatable bonds is 5. The molecule has 3 nitrogen and oxygen atoms in total. The van der Waals surface area contributed by atoms with Crippen molar-refractivity contribution in [1.29, 1.82) is 0 Å². The average molecular weight is 246 g/mol. The van der Waals surface area contributed by atoms with Gasteiger partial charge in [-0.1, -0.05) is 26.0 Å². The summed E-state index contributed by atoms with van der Waals surface area (Å²) in [5.74, 6) is 0.655. The molecule has 0 bridgehead atoms. The van der Waals surface area contributed by atoms with Crippen LogP contribution >= 0.6 is 0 Å². The van der Waals surface area contributed by atoms with Gasteiger partial charge in [-0.2, -0.15) is 0 Å². The van der Waals surface area contributed by atoms with Gasteiger partial charge in [0.15, 0.2) is 0 Å². The summed E-state index contributed by atoms with van der Waals surface area (Å²) in [4.78, 5) is 12.0. The SMILES string of the molecule is CC(C)C1(CNC(=O)c2ccc(CN)cc2)CC1. The molecule has 1 saturated carbocycles. The summed E-state index contributed by atoms with van der Waals surface area (Å²) in [6.45, 7) is 5.77. The Labute approximate surface area is 109 Å². The van der Waals surface area contributed by atoms with Gasteiger partial charge in [0.2, 0.25) is 0 Å². The quantitative estimate of drug-likeness (QED) is 0.837. The van der Waals surface area contributed by atoms with Crippen molar-refractivity contribution in [3.8, 4) is 0 Å².